The van der Waals surface area contributed by atoms with Gasteiger partial charge in [0.05, 0.1) is 33.0 Å². The maximum atomic E-state index is 12.2. The average Bonchev–Trinajstić information content (AvgIpc) is 3.28. The van der Waals surface area contributed by atoms with Gasteiger partial charge < -0.3 is 24.4 Å². The fourth-order valence-corrected chi connectivity index (χ4v) is 8.74. The molecule has 0 heterocycles. The van der Waals surface area contributed by atoms with Gasteiger partial charge in [-0.25, -0.2) is 9.59 Å². The predicted molar refractivity (Wildman–Crippen MR) is 250 cm³/mol. The van der Waals surface area contributed by atoms with E-state index in [0.717, 1.165) is 53.2 Å². The molecule has 0 aliphatic heterocycles. The molecule has 1 aliphatic carbocycles. The minimum absolute atomic E-state index is 0.117. The third-order valence-corrected chi connectivity index (χ3v) is 12.8. The summed E-state index contributed by atoms with van der Waals surface area (Å²) >= 11 is 0. The molecule has 0 atom stereocenters. The van der Waals surface area contributed by atoms with Gasteiger partial charge in [0.15, 0.2) is 0 Å². The number of aliphatic hydroxyl groups excluding tert-OH is 2. The van der Waals surface area contributed by atoms with Gasteiger partial charge in [0.25, 0.3) is 0 Å². The first-order valence-electron chi connectivity index (χ1n) is 23.4. The van der Waals surface area contributed by atoms with Gasteiger partial charge in [0, 0.05) is 16.6 Å². The maximum absolute atomic E-state index is 12.2. The normalized spacial score (nSPS) is 15.3. The number of carbonyl (C=O) groups excluding carboxylic acids is 2. The number of benzene rings is 3. The zero-order chi connectivity index (χ0) is 44.2. The van der Waals surface area contributed by atoms with Gasteiger partial charge in [-0.15, -0.1) is 0 Å². The monoisotopic (exact) mass is 837 g/mol. The molecule has 0 bridgehead atoms. The van der Waals surface area contributed by atoms with Gasteiger partial charge >= 0.3 is 11.9 Å². The lowest BCUT2D eigenvalue weighted by Gasteiger charge is -2.30. The lowest BCUT2D eigenvalue weighted by Crippen LogP contribution is -2.32. The predicted octanol–water partition coefficient (Wildman–Crippen LogP) is 12.5. The van der Waals surface area contributed by atoms with Crippen LogP contribution in [0.5, 0.6) is 5.75 Å². The molecule has 1 aliphatic rings. The van der Waals surface area contributed by atoms with Crippen LogP contribution in [0.1, 0.15) is 153 Å². The molecule has 334 valence electrons. The van der Waals surface area contributed by atoms with Crippen molar-refractivity contribution in [2.24, 2.45) is 11.3 Å². The van der Waals surface area contributed by atoms with Gasteiger partial charge in [-0.05, 0) is 153 Å². The molecule has 0 saturated heterocycles. The first kappa shape index (κ1) is 49.5. The van der Waals surface area contributed by atoms with E-state index >= 15 is 0 Å². The van der Waals surface area contributed by atoms with Crippen LogP contribution in [-0.4, -0.2) is 55.2 Å². The third-order valence-electron chi connectivity index (χ3n) is 12.8. The van der Waals surface area contributed by atoms with E-state index in [1.807, 2.05) is 0 Å². The van der Waals surface area contributed by atoms with E-state index in [4.69, 9.17) is 14.2 Å². The second-order valence-corrected chi connectivity index (χ2v) is 17.7. The Bertz CT molecular complexity index is 1790. The molecule has 1 saturated carbocycles. The van der Waals surface area contributed by atoms with Gasteiger partial charge in [0.1, 0.15) is 5.75 Å². The van der Waals surface area contributed by atoms with Crippen LogP contribution in [0.15, 0.2) is 78.9 Å². The van der Waals surface area contributed by atoms with Crippen molar-refractivity contribution < 1.29 is 34.0 Å². The van der Waals surface area contributed by atoms with E-state index in [1.54, 1.807) is 13.8 Å². The van der Waals surface area contributed by atoms with Gasteiger partial charge in [-0.1, -0.05) is 115 Å². The van der Waals surface area contributed by atoms with Crippen LogP contribution < -0.4 is 4.74 Å². The molecule has 0 radical (unpaired) electrons. The molecule has 0 aromatic heterocycles. The molecule has 0 amide bonds. The van der Waals surface area contributed by atoms with Crippen LogP contribution in [0.3, 0.4) is 0 Å². The average molecular weight is 837 g/mol. The Hall–Kier alpha value is -4.20. The third kappa shape index (κ3) is 15.0. The molecule has 3 aromatic rings. The molecular formula is C54H76O7. The molecule has 0 unspecified atom stereocenters. The molecule has 4 rings (SSSR count). The second kappa shape index (κ2) is 25.7. The standard InChI is InChI=1S/C54H76O7/c1-8-11-13-16-41-19-21-43(22-20-41)44-23-25-45(26-24-44)46-27-28-50(42(10-3)34-46)49-35-47(17-14-31-60-52(57)39(4)5)51(48(36-49)18-15-32-61-53(58)40(6)7)59-33-30-54(37-55,38-56)29-12-9-2/h23-28,34-36,41,43,55-56H,4,6,8-22,29-33,37-38H2,1-3,5,7H3. The summed E-state index contributed by atoms with van der Waals surface area (Å²) in [5.41, 5.74) is 9.42. The molecule has 1 fully saturated rings. The number of ether oxygens (including phenoxy) is 3. The first-order valence-corrected chi connectivity index (χ1v) is 23.4. The first-order chi connectivity index (χ1) is 29.5. The summed E-state index contributed by atoms with van der Waals surface area (Å²) < 4.78 is 17.7. The number of carbonyl (C=O) groups is 2. The molecule has 0 spiro atoms. The Balaban J connectivity index is 1.65. The van der Waals surface area contributed by atoms with Crippen LogP contribution in [0, 0.1) is 11.3 Å². The summed E-state index contributed by atoms with van der Waals surface area (Å²) in [7, 11) is 0. The van der Waals surface area contributed by atoms with Crippen molar-refractivity contribution in [2.45, 2.75) is 150 Å². The number of unbranched alkanes of at least 4 members (excludes halogenated alkanes) is 3. The van der Waals surface area contributed by atoms with Crippen LogP contribution >= 0.6 is 0 Å². The molecule has 61 heavy (non-hydrogen) atoms. The summed E-state index contributed by atoms with van der Waals surface area (Å²) in [5.74, 6) is 1.50. The number of rotatable bonds is 27. The van der Waals surface area contributed by atoms with E-state index in [2.05, 4.69) is 88.5 Å². The number of aliphatic hydroxyl groups is 2. The summed E-state index contributed by atoms with van der Waals surface area (Å²) in [6, 6.07) is 20.5. The highest BCUT2D eigenvalue weighted by Gasteiger charge is 2.29. The van der Waals surface area contributed by atoms with Gasteiger partial charge in [0.2, 0.25) is 0 Å². The Morgan fingerprint density at radius 1 is 0.656 bits per heavy atom. The molecule has 7 nitrogen and oxygen atoms in total. The van der Waals surface area contributed by atoms with Gasteiger partial charge in [-0.2, -0.15) is 0 Å². The van der Waals surface area contributed by atoms with Crippen molar-refractivity contribution in [3.8, 4) is 28.0 Å². The summed E-state index contributed by atoms with van der Waals surface area (Å²) in [4.78, 5) is 24.5. The van der Waals surface area contributed by atoms with Crippen molar-refractivity contribution >= 4 is 11.9 Å². The fourth-order valence-electron chi connectivity index (χ4n) is 8.74. The smallest absolute Gasteiger partial charge is 0.333 e. The minimum Gasteiger partial charge on any atom is -0.493 e. The van der Waals surface area contributed by atoms with E-state index in [0.29, 0.717) is 62.2 Å². The highest BCUT2D eigenvalue weighted by atomic mass is 16.5. The van der Waals surface area contributed by atoms with E-state index < -0.39 is 17.4 Å². The summed E-state index contributed by atoms with van der Waals surface area (Å²) in [6.07, 6.45) is 17.0. The highest BCUT2D eigenvalue weighted by molar-refractivity contribution is 5.87. The fraction of sp³-hybridized carbons (Fsp3) is 0.556. The molecule has 3 aromatic carbocycles. The lowest BCUT2D eigenvalue weighted by molar-refractivity contribution is -0.139. The van der Waals surface area contributed by atoms with Crippen molar-refractivity contribution in [3.63, 3.8) is 0 Å². The highest BCUT2D eigenvalue weighted by Crippen LogP contribution is 2.40. The number of hydrogen-bond acceptors (Lipinski definition) is 7. The van der Waals surface area contributed by atoms with E-state index in [1.165, 1.54) is 73.6 Å². The number of hydrogen-bond donors (Lipinski definition) is 2. The van der Waals surface area contributed by atoms with Crippen molar-refractivity contribution in [1.29, 1.82) is 0 Å². The van der Waals surface area contributed by atoms with Crippen LogP contribution in [0.4, 0.5) is 0 Å². The number of esters is 2. The molecular weight excluding hydrogens is 761 g/mol. The Morgan fingerprint density at radius 2 is 1.21 bits per heavy atom. The van der Waals surface area contributed by atoms with Gasteiger partial charge in [-0.3, -0.25) is 0 Å². The minimum atomic E-state index is -0.630. The number of aryl methyl sites for hydroxylation is 3. The Labute approximate surface area is 368 Å². The largest absolute Gasteiger partial charge is 0.493 e. The Morgan fingerprint density at radius 3 is 1.74 bits per heavy atom. The summed E-state index contributed by atoms with van der Waals surface area (Å²) in [6.45, 7) is 17.9. The topological polar surface area (TPSA) is 102 Å². The SMILES string of the molecule is C=C(C)C(=O)OCCCc1cc(-c2ccc(-c3ccc(C4CCC(CCCCC)CC4)cc3)cc2CC)cc(CCCOC(=O)C(=C)C)c1OCCC(CO)(CO)CCCC. The van der Waals surface area contributed by atoms with Crippen LogP contribution in [-0.2, 0) is 38.3 Å². The Kier molecular flexibility index (Phi) is 20.8. The van der Waals surface area contributed by atoms with Crippen LogP contribution in [0.2, 0.25) is 0 Å². The van der Waals surface area contributed by atoms with Crippen LogP contribution in [0.25, 0.3) is 22.3 Å². The summed E-state index contributed by atoms with van der Waals surface area (Å²) in [5, 5.41) is 20.7. The zero-order valence-corrected chi connectivity index (χ0v) is 38.3. The maximum Gasteiger partial charge on any atom is 0.333 e. The van der Waals surface area contributed by atoms with Crippen molar-refractivity contribution in [3.05, 3.63) is 101 Å². The zero-order valence-electron chi connectivity index (χ0n) is 38.3. The quantitative estimate of drug-likeness (QED) is 0.0448. The molecule has 7 heteroatoms. The second-order valence-electron chi connectivity index (χ2n) is 17.7. The van der Waals surface area contributed by atoms with E-state index in [-0.39, 0.29) is 26.4 Å². The van der Waals surface area contributed by atoms with Crippen molar-refractivity contribution in [2.75, 3.05) is 33.0 Å². The molecule has 2 N–H and O–H groups in total. The van der Waals surface area contributed by atoms with E-state index in [9.17, 15) is 19.8 Å². The van der Waals surface area contributed by atoms with Crippen molar-refractivity contribution in [1.82, 2.24) is 0 Å². The lowest BCUT2D eigenvalue weighted by atomic mass is 9.77.